The van der Waals surface area contributed by atoms with Gasteiger partial charge in [0, 0.05) is 43.5 Å². The first kappa shape index (κ1) is 21.6. The molecule has 2 aromatic heterocycles. The third kappa shape index (κ3) is 4.61. The van der Waals surface area contributed by atoms with E-state index in [4.69, 9.17) is 0 Å². The fourth-order valence-corrected chi connectivity index (χ4v) is 3.86. The molecule has 1 aliphatic rings. The van der Waals surface area contributed by atoms with Crippen LogP contribution in [0.1, 0.15) is 0 Å². The van der Waals surface area contributed by atoms with Gasteiger partial charge in [-0.05, 0) is 60.7 Å². The van der Waals surface area contributed by atoms with Crippen molar-refractivity contribution >= 4 is 11.7 Å². The second kappa shape index (κ2) is 9.34. The maximum atomic E-state index is 13.5. The van der Waals surface area contributed by atoms with E-state index in [0.29, 0.717) is 49.0 Å². The number of aromatic nitrogens is 5. The first-order valence-electron chi connectivity index (χ1n) is 10.8. The number of halogens is 2. The zero-order chi connectivity index (χ0) is 23.5. The van der Waals surface area contributed by atoms with Crippen LogP contribution in [0.3, 0.4) is 0 Å². The van der Waals surface area contributed by atoms with E-state index in [0.717, 1.165) is 5.82 Å². The monoisotopic (exact) mass is 461 g/mol. The normalized spacial score (nSPS) is 13.8. The van der Waals surface area contributed by atoms with Crippen molar-refractivity contribution in [1.82, 2.24) is 29.9 Å². The summed E-state index contributed by atoms with van der Waals surface area (Å²) in [6.45, 7) is 2.36. The van der Waals surface area contributed by atoms with Crippen LogP contribution in [0, 0.1) is 11.6 Å². The first-order chi connectivity index (χ1) is 16.6. The van der Waals surface area contributed by atoms with E-state index in [1.54, 1.807) is 35.4 Å². The van der Waals surface area contributed by atoms with Gasteiger partial charge in [-0.15, -0.1) is 10.2 Å². The van der Waals surface area contributed by atoms with Crippen molar-refractivity contribution in [1.29, 1.82) is 0 Å². The van der Waals surface area contributed by atoms with Crippen LogP contribution in [0.5, 0.6) is 0 Å². The van der Waals surface area contributed by atoms with Gasteiger partial charge in [-0.1, -0.05) is 0 Å². The largest absolute Gasteiger partial charge is 0.352 e. The van der Waals surface area contributed by atoms with E-state index in [1.807, 2.05) is 12.1 Å². The average Bonchev–Trinajstić information content (AvgIpc) is 3.29. The summed E-state index contributed by atoms with van der Waals surface area (Å²) in [5.74, 6) is 0.750. The summed E-state index contributed by atoms with van der Waals surface area (Å²) in [4.78, 5) is 21.6. The van der Waals surface area contributed by atoms with Crippen LogP contribution in [-0.4, -0.2) is 61.9 Å². The van der Waals surface area contributed by atoms with Gasteiger partial charge in [0.25, 0.3) is 0 Å². The van der Waals surface area contributed by atoms with Crippen LogP contribution < -0.4 is 4.90 Å². The maximum absolute atomic E-state index is 13.5. The molecule has 0 unspecified atom stereocenters. The number of anilines is 1. The van der Waals surface area contributed by atoms with Crippen molar-refractivity contribution in [2.75, 3.05) is 31.1 Å². The number of carbonyl (C=O) groups is 1. The molecule has 1 saturated heterocycles. The van der Waals surface area contributed by atoms with Gasteiger partial charge in [0.15, 0.2) is 17.5 Å². The topological polar surface area (TPSA) is 80.0 Å². The highest BCUT2D eigenvalue weighted by Gasteiger charge is 2.24. The Hall–Kier alpha value is -4.21. The van der Waals surface area contributed by atoms with Crippen LogP contribution in [0.25, 0.3) is 22.8 Å². The Kier molecular flexibility index (Phi) is 5.94. The highest BCUT2D eigenvalue weighted by Crippen LogP contribution is 2.23. The predicted octanol–water partition coefficient (Wildman–Crippen LogP) is 3.03. The van der Waals surface area contributed by atoms with Gasteiger partial charge in [0.05, 0.1) is 0 Å². The SMILES string of the molecule is O=C(Cn1nc(-c2ccc(F)cc2)nc1-c1ccc(F)cc1)N1CCN(c2cccnn2)CC1. The van der Waals surface area contributed by atoms with E-state index in [9.17, 15) is 13.6 Å². The summed E-state index contributed by atoms with van der Waals surface area (Å²) in [6, 6.07) is 15.4. The number of rotatable bonds is 5. The predicted molar refractivity (Wildman–Crippen MR) is 122 cm³/mol. The highest BCUT2D eigenvalue weighted by atomic mass is 19.1. The first-order valence-corrected chi connectivity index (χ1v) is 10.8. The molecule has 10 heteroatoms. The van der Waals surface area contributed by atoms with Gasteiger partial charge < -0.3 is 9.80 Å². The molecule has 0 bridgehead atoms. The molecule has 3 heterocycles. The quantitative estimate of drug-likeness (QED) is 0.455. The van der Waals surface area contributed by atoms with Gasteiger partial charge in [0.2, 0.25) is 5.91 Å². The third-order valence-electron chi connectivity index (χ3n) is 5.68. The van der Waals surface area contributed by atoms with Gasteiger partial charge >= 0.3 is 0 Å². The van der Waals surface area contributed by atoms with Gasteiger partial charge in [-0.3, -0.25) is 4.79 Å². The second-order valence-electron chi connectivity index (χ2n) is 7.88. The minimum Gasteiger partial charge on any atom is -0.352 e. The van der Waals surface area contributed by atoms with Gasteiger partial charge in [-0.25, -0.2) is 18.4 Å². The van der Waals surface area contributed by atoms with Crippen molar-refractivity contribution < 1.29 is 13.6 Å². The molecule has 1 aliphatic heterocycles. The molecule has 2 aromatic carbocycles. The molecule has 0 radical (unpaired) electrons. The van der Waals surface area contributed by atoms with E-state index in [-0.39, 0.29) is 24.1 Å². The Morgan fingerprint density at radius 3 is 2.12 bits per heavy atom. The molecule has 34 heavy (non-hydrogen) atoms. The molecule has 1 amide bonds. The van der Waals surface area contributed by atoms with Crippen molar-refractivity contribution in [2.45, 2.75) is 6.54 Å². The Balaban J connectivity index is 1.36. The number of hydrogen-bond acceptors (Lipinski definition) is 6. The Morgan fingerprint density at radius 1 is 0.853 bits per heavy atom. The number of benzene rings is 2. The van der Waals surface area contributed by atoms with Crippen molar-refractivity contribution in [2.24, 2.45) is 0 Å². The summed E-state index contributed by atoms with van der Waals surface area (Å²) in [5.41, 5.74) is 1.25. The van der Waals surface area contributed by atoms with E-state index >= 15 is 0 Å². The highest BCUT2D eigenvalue weighted by molar-refractivity contribution is 5.77. The Bertz CT molecular complexity index is 1270. The number of piperazine rings is 1. The molecular weight excluding hydrogens is 440 g/mol. The lowest BCUT2D eigenvalue weighted by Crippen LogP contribution is -2.50. The summed E-state index contributed by atoms with van der Waals surface area (Å²) in [6.07, 6.45) is 1.63. The van der Waals surface area contributed by atoms with Crippen LogP contribution in [0.2, 0.25) is 0 Å². The summed E-state index contributed by atoms with van der Waals surface area (Å²) in [7, 11) is 0. The standard InChI is InChI=1S/C24H21F2N7O/c25-19-7-3-17(4-8-19)23-28-24(18-5-9-20(26)10-6-18)33(30-23)16-22(34)32-14-12-31(13-15-32)21-2-1-11-27-29-21/h1-11H,12-16H2. The average molecular weight is 461 g/mol. The molecule has 0 aliphatic carbocycles. The summed E-state index contributed by atoms with van der Waals surface area (Å²) >= 11 is 0. The smallest absolute Gasteiger partial charge is 0.244 e. The van der Waals surface area contributed by atoms with Gasteiger partial charge in [0.1, 0.15) is 18.2 Å². The zero-order valence-electron chi connectivity index (χ0n) is 18.2. The van der Waals surface area contributed by atoms with Crippen molar-refractivity contribution in [3.05, 3.63) is 78.5 Å². The molecule has 4 aromatic rings. The lowest BCUT2D eigenvalue weighted by atomic mass is 10.2. The molecule has 0 saturated carbocycles. The summed E-state index contributed by atoms with van der Waals surface area (Å²) < 4.78 is 28.3. The van der Waals surface area contributed by atoms with E-state index in [1.165, 1.54) is 28.9 Å². The van der Waals surface area contributed by atoms with Crippen LogP contribution in [-0.2, 0) is 11.3 Å². The van der Waals surface area contributed by atoms with Crippen molar-refractivity contribution in [3.8, 4) is 22.8 Å². The number of hydrogen-bond donors (Lipinski definition) is 0. The van der Waals surface area contributed by atoms with Gasteiger partial charge in [-0.2, -0.15) is 5.10 Å². The molecular formula is C24H21F2N7O. The number of nitrogens with zero attached hydrogens (tertiary/aromatic N) is 7. The lowest BCUT2D eigenvalue weighted by Gasteiger charge is -2.35. The molecule has 0 atom stereocenters. The molecule has 172 valence electrons. The Labute approximate surface area is 194 Å². The van der Waals surface area contributed by atoms with E-state index < -0.39 is 0 Å². The minimum atomic E-state index is -0.370. The van der Waals surface area contributed by atoms with Crippen LogP contribution >= 0.6 is 0 Å². The zero-order valence-corrected chi connectivity index (χ0v) is 18.2. The molecule has 0 spiro atoms. The number of carbonyl (C=O) groups excluding carboxylic acids is 1. The molecule has 8 nitrogen and oxygen atoms in total. The third-order valence-corrected chi connectivity index (χ3v) is 5.68. The Morgan fingerprint density at radius 2 is 1.50 bits per heavy atom. The molecule has 0 N–H and O–H groups in total. The minimum absolute atomic E-state index is 0.0218. The molecule has 5 rings (SSSR count). The second-order valence-corrected chi connectivity index (χ2v) is 7.88. The number of amides is 1. The lowest BCUT2D eigenvalue weighted by molar-refractivity contribution is -0.132. The van der Waals surface area contributed by atoms with Crippen LogP contribution in [0.4, 0.5) is 14.6 Å². The fourth-order valence-electron chi connectivity index (χ4n) is 3.86. The fraction of sp³-hybridized carbons (Fsp3) is 0.208. The van der Waals surface area contributed by atoms with Crippen molar-refractivity contribution in [3.63, 3.8) is 0 Å². The summed E-state index contributed by atoms with van der Waals surface area (Å²) in [5, 5.41) is 12.6. The van der Waals surface area contributed by atoms with E-state index in [2.05, 4.69) is 25.2 Å². The molecule has 1 fully saturated rings. The maximum Gasteiger partial charge on any atom is 0.244 e. The van der Waals surface area contributed by atoms with Crippen LogP contribution in [0.15, 0.2) is 66.9 Å².